The van der Waals surface area contributed by atoms with E-state index in [2.05, 4.69) is 203 Å². The van der Waals surface area contributed by atoms with E-state index < -0.39 is 20.8 Å². The Morgan fingerprint density at radius 3 is 0.965 bits per heavy atom. The van der Waals surface area contributed by atoms with Gasteiger partial charge in [0, 0.05) is 0 Å². The fourth-order valence-corrected chi connectivity index (χ4v) is 7.22. The van der Waals surface area contributed by atoms with Gasteiger partial charge in [-0.1, -0.05) is 170 Å². The maximum atomic E-state index is 4.93. The molecule has 57 heavy (non-hydrogen) atoms. The number of rotatable bonds is 4. The molecule has 6 rings (SSSR count). The predicted octanol–water partition coefficient (Wildman–Crippen LogP) is 17.6. The Morgan fingerprint density at radius 2 is 0.737 bits per heavy atom. The zero-order valence-corrected chi connectivity index (χ0v) is 42.4. The maximum absolute atomic E-state index is 4.93. The van der Waals surface area contributed by atoms with Gasteiger partial charge in [-0.3, -0.25) is 0 Å². The zero-order valence-electron chi connectivity index (χ0n) is 38.5. The van der Waals surface area contributed by atoms with E-state index in [1.54, 1.807) is 6.92 Å². The summed E-state index contributed by atoms with van der Waals surface area (Å²) < 4.78 is 0. The van der Waals surface area contributed by atoms with Gasteiger partial charge in [-0.2, -0.15) is 19.1 Å². The minimum atomic E-state index is -0.826. The predicted molar refractivity (Wildman–Crippen MR) is 256 cm³/mol. The number of fused-ring (bicyclic) bond motifs is 2. The summed E-state index contributed by atoms with van der Waals surface area (Å²) in [6.45, 7) is 41.6. The van der Waals surface area contributed by atoms with Gasteiger partial charge in [0.05, 0.1) is 0 Å². The fraction of sp³-hybridized carbons (Fsp3) is 0.426. The zero-order chi connectivity index (χ0) is 43.3. The third-order valence-electron chi connectivity index (χ3n) is 11.1. The second kappa shape index (κ2) is 19.7. The Morgan fingerprint density at radius 1 is 0.474 bits per heavy atom. The summed E-state index contributed by atoms with van der Waals surface area (Å²) in [5, 5.41) is 5.59. The van der Waals surface area contributed by atoms with Crippen LogP contribution in [0.2, 0.25) is 0 Å². The van der Waals surface area contributed by atoms with Crippen LogP contribution < -0.4 is 0 Å². The molecule has 6 aromatic carbocycles. The molecule has 0 nitrogen and oxygen atoms in total. The molecule has 0 aliphatic heterocycles. The summed E-state index contributed by atoms with van der Waals surface area (Å²) in [5.74, 6) is 0. The number of benzene rings is 4. The average molecular weight is 882 g/mol. The quantitative estimate of drug-likeness (QED) is 0.155. The molecule has 0 amide bonds. The van der Waals surface area contributed by atoms with Crippen molar-refractivity contribution in [2.75, 3.05) is 0 Å². The van der Waals surface area contributed by atoms with Crippen molar-refractivity contribution in [1.82, 2.24) is 0 Å². The average Bonchev–Trinajstić information content (AvgIpc) is 3.78. The molecule has 308 valence electrons. The molecule has 0 heterocycles. The molecule has 0 bridgehead atoms. The molecule has 0 spiro atoms. The summed E-state index contributed by atoms with van der Waals surface area (Å²) in [7, 11) is 9.87. The molecule has 0 aliphatic rings. The van der Waals surface area contributed by atoms with E-state index >= 15 is 0 Å². The molecule has 0 fully saturated rings. The van der Waals surface area contributed by atoms with Crippen LogP contribution in [-0.4, -0.2) is 0 Å². The topological polar surface area (TPSA) is 0 Å². The van der Waals surface area contributed by atoms with E-state index in [0.717, 1.165) is 12.8 Å². The van der Waals surface area contributed by atoms with Crippen molar-refractivity contribution in [2.45, 2.75) is 152 Å². The van der Waals surface area contributed by atoms with Gasteiger partial charge >= 0.3 is 37.9 Å². The molecule has 0 unspecified atom stereocenters. The molecule has 0 aliphatic carbocycles. The number of hydrogen-bond donors (Lipinski definition) is 0. The van der Waals surface area contributed by atoms with Crippen molar-refractivity contribution in [2.24, 2.45) is 0 Å². The Hall–Kier alpha value is -2.44. The summed E-state index contributed by atoms with van der Waals surface area (Å²) in [5.41, 5.74) is 17.2. The first-order chi connectivity index (χ1) is 26.4. The molecule has 0 saturated heterocycles. The first-order valence-corrected chi connectivity index (χ1v) is 27.1. The van der Waals surface area contributed by atoms with Crippen molar-refractivity contribution in [1.29, 1.82) is 0 Å². The first-order valence-electron chi connectivity index (χ1n) is 20.8. The first kappa shape index (κ1) is 48.9. The molecular formula is C54H71Cl2Zr-3. The van der Waals surface area contributed by atoms with Gasteiger partial charge in [0.25, 0.3) is 0 Å². The summed E-state index contributed by atoms with van der Waals surface area (Å²) in [6.07, 6.45) is 2.17. The van der Waals surface area contributed by atoms with Crippen LogP contribution in [-0.2, 0) is 55.3 Å². The van der Waals surface area contributed by atoms with Crippen molar-refractivity contribution < 1.29 is 20.8 Å². The van der Waals surface area contributed by atoms with Crippen LogP contribution in [0.3, 0.4) is 0 Å². The standard InChI is InChI=1S/2C26H33.C2H5.2ClH.Zr/c2*1-9-18-12-23-17(2)10-11-22(24(23)13-18)19-14-20(25(3,4)5)16-21(15-19)26(6,7)8;1-2;;;/h2*10-16H,9H2,1-8H3;1H2,2H3;2*1H;/q3*-1;;;+2/p-2. The van der Waals surface area contributed by atoms with Crippen LogP contribution in [0.5, 0.6) is 0 Å². The summed E-state index contributed by atoms with van der Waals surface area (Å²) in [4.78, 5) is 0. The van der Waals surface area contributed by atoms with Crippen LogP contribution in [0.25, 0.3) is 43.8 Å². The molecular weight excluding hydrogens is 811 g/mol. The van der Waals surface area contributed by atoms with Crippen molar-refractivity contribution >= 4 is 38.6 Å². The number of halogens is 2. The molecule has 0 atom stereocenters. The van der Waals surface area contributed by atoms with E-state index in [4.69, 9.17) is 17.0 Å². The fourth-order valence-electron chi connectivity index (χ4n) is 7.22. The van der Waals surface area contributed by atoms with Crippen LogP contribution in [0.15, 0.2) is 84.9 Å². The Kier molecular flexibility index (Phi) is 17.0. The van der Waals surface area contributed by atoms with E-state index in [1.165, 1.54) is 88.3 Å². The van der Waals surface area contributed by atoms with Gasteiger partial charge in [0.2, 0.25) is 0 Å². The van der Waals surface area contributed by atoms with E-state index in [1.807, 2.05) is 0 Å². The van der Waals surface area contributed by atoms with Crippen molar-refractivity contribution in [3.05, 3.63) is 136 Å². The molecule has 3 heteroatoms. The van der Waals surface area contributed by atoms with Crippen LogP contribution in [0, 0.1) is 20.8 Å². The van der Waals surface area contributed by atoms with Gasteiger partial charge in [0.15, 0.2) is 0 Å². The number of hydrogen-bond acceptors (Lipinski definition) is 0. The SMILES string of the molecule is CCc1cc2c(-c3cc(C(C)(C)C)cc(C(C)(C)C)c3)ccc(C)c2[cH-]1.CCc1cc2c(-c3cc(C(C)(C)C)cc(C(C)(C)C)c3)ccc(C)c2[cH-]1.[CH2-]C.[Cl][Zr][Cl]. The minimum absolute atomic E-state index is 0.139. The third-order valence-corrected chi connectivity index (χ3v) is 11.1. The normalized spacial score (nSPS) is 12.0. The Bertz CT molecular complexity index is 2010. The second-order valence-electron chi connectivity index (χ2n) is 19.6. The number of aryl methyl sites for hydroxylation is 4. The van der Waals surface area contributed by atoms with Crippen LogP contribution in [0.4, 0.5) is 0 Å². The van der Waals surface area contributed by atoms with Gasteiger partial charge in [0.1, 0.15) is 0 Å². The molecule has 6 aromatic rings. The Labute approximate surface area is 367 Å². The van der Waals surface area contributed by atoms with Crippen LogP contribution in [0.1, 0.15) is 148 Å². The Balaban J connectivity index is 0.000000275. The van der Waals surface area contributed by atoms with Gasteiger partial charge in [-0.05, 0) is 67.9 Å². The van der Waals surface area contributed by atoms with Crippen LogP contribution >= 0.6 is 17.0 Å². The van der Waals surface area contributed by atoms with Gasteiger partial charge in [-0.25, -0.2) is 0 Å². The van der Waals surface area contributed by atoms with Crippen molar-refractivity contribution in [3.8, 4) is 22.3 Å². The summed E-state index contributed by atoms with van der Waals surface area (Å²) >= 11 is -0.826. The molecule has 0 N–H and O–H groups in total. The van der Waals surface area contributed by atoms with Gasteiger partial charge < -0.3 is 6.92 Å². The van der Waals surface area contributed by atoms with E-state index in [-0.39, 0.29) is 21.7 Å². The summed E-state index contributed by atoms with van der Waals surface area (Å²) in [6, 6.07) is 33.1. The van der Waals surface area contributed by atoms with Crippen molar-refractivity contribution in [3.63, 3.8) is 0 Å². The second-order valence-corrected chi connectivity index (χ2v) is 23.4. The van der Waals surface area contributed by atoms with Gasteiger partial charge in [-0.15, -0.1) is 68.1 Å². The monoisotopic (exact) mass is 879 g/mol. The van der Waals surface area contributed by atoms with E-state index in [9.17, 15) is 0 Å². The van der Waals surface area contributed by atoms with E-state index in [0.29, 0.717) is 0 Å². The molecule has 0 aromatic heterocycles. The molecule has 0 saturated carbocycles. The third kappa shape index (κ3) is 12.3. The molecule has 0 radical (unpaired) electrons.